The summed E-state index contributed by atoms with van der Waals surface area (Å²) in [5, 5.41) is 27.6. The molecule has 2 N–H and O–H groups in total. The predicted molar refractivity (Wildman–Crippen MR) is 42.6 cm³/mol. The van der Waals surface area contributed by atoms with Crippen LogP contribution in [0.5, 0.6) is 0 Å². The van der Waals surface area contributed by atoms with Gasteiger partial charge in [-0.15, -0.1) is 0 Å². The smallest absolute Gasteiger partial charge is 0.423 e. The van der Waals surface area contributed by atoms with E-state index in [0.717, 1.165) is 0 Å². The molecule has 12 heavy (non-hydrogen) atoms. The molecule has 5 nitrogen and oxygen atoms in total. The Labute approximate surface area is 69.3 Å². The van der Waals surface area contributed by atoms with Crippen molar-refractivity contribution in [1.82, 2.24) is 0 Å². The monoisotopic (exact) mass is 169 g/mol. The van der Waals surface area contributed by atoms with E-state index in [1.807, 2.05) is 0 Å². The fraction of sp³-hybridized carbons (Fsp3) is 0.333. The van der Waals surface area contributed by atoms with Crippen LogP contribution in [0.1, 0.15) is 12.8 Å². The van der Waals surface area contributed by atoms with Crippen LogP contribution < -0.4 is 0 Å². The van der Waals surface area contributed by atoms with E-state index in [1.54, 1.807) is 0 Å². The molecular weight excluding hydrogens is 161 g/mol. The third-order valence-electron chi connectivity index (χ3n) is 1.73. The molecule has 0 spiro atoms. The molecule has 0 unspecified atom stereocenters. The fourth-order valence-corrected chi connectivity index (χ4v) is 1.01. The third kappa shape index (κ3) is 1.93. The highest BCUT2D eigenvalue weighted by atomic mass is 16.6. The molecule has 0 saturated carbocycles. The molecule has 0 atom stereocenters. The van der Waals surface area contributed by atoms with Gasteiger partial charge in [-0.25, -0.2) is 0 Å². The highest BCUT2D eigenvalue weighted by molar-refractivity contribution is 6.50. The van der Waals surface area contributed by atoms with Crippen LogP contribution in [0, 0.1) is 10.1 Å². The van der Waals surface area contributed by atoms with Crippen molar-refractivity contribution in [2.75, 3.05) is 0 Å². The lowest BCUT2D eigenvalue weighted by molar-refractivity contribution is -0.428. The Morgan fingerprint density at radius 1 is 1.42 bits per heavy atom. The van der Waals surface area contributed by atoms with E-state index in [-0.39, 0.29) is 12.1 Å². The molecule has 0 aromatic carbocycles. The molecule has 0 amide bonds. The highest BCUT2D eigenvalue weighted by Gasteiger charge is 2.21. The van der Waals surface area contributed by atoms with Gasteiger partial charge in [-0.1, -0.05) is 6.08 Å². The predicted octanol–water partition coefficient (Wildman–Crippen LogP) is -0.121. The zero-order valence-corrected chi connectivity index (χ0v) is 6.30. The minimum Gasteiger partial charge on any atom is -0.423 e. The van der Waals surface area contributed by atoms with Crippen molar-refractivity contribution >= 4 is 7.12 Å². The van der Waals surface area contributed by atoms with Gasteiger partial charge in [0, 0.05) is 12.5 Å². The van der Waals surface area contributed by atoms with Crippen LogP contribution in [0.3, 0.4) is 0 Å². The minimum atomic E-state index is -1.49. The summed E-state index contributed by atoms with van der Waals surface area (Å²) in [5.41, 5.74) is 0.528. The standard InChI is InChI=1S/C6H8BNO4/c9-7(10)5-1-3-6(4-2-5)8(11)12/h1,3,9-10H,2,4H2. The molecule has 1 aliphatic carbocycles. The molecule has 64 valence electrons. The molecule has 1 rings (SSSR count). The molecule has 1 aliphatic rings. The van der Waals surface area contributed by atoms with Gasteiger partial charge in [0.15, 0.2) is 0 Å². The summed E-state index contributed by atoms with van der Waals surface area (Å²) in [4.78, 5) is 9.75. The molecular formula is C6H8BNO4. The lowest BCUT2D eigenvalue weighted by Gasteiger charge is -2.07. The Kier molecular flexibility index (Phi) is 2.62. The van der Waals surface area contributed by atoms with Crippen molar-refractivity contribution in [2.24, 2.45) is 0 Å². The molecule has 6 heteroatoms. The first-order chi connectivity index (χ1) is 5.61. The SMILES string of the molecule is O=[N+]([O-])C1=CC=C(B(O)O)CC1. The molecule has 0 saturated heterocycles. The first-order valence-electron chi connectivity index (χ1n) is 3.51. The zero-order chi connectivity index (χ0) is 9.14. The largest absolute Gasteiger partial charge is 0.484 e. The van der Waals surface area contributed by atoms with E-state index in [0.29, 0.717) is 11.9 Å². The molecule has 0 bridgehead atoms. The van der Waals surface area contributed by atoms with E-state index in [4.69, 9.17) is 10.0 Å². The van der Waals surface area contributed by atoms with Gasteiger partial charge >= 0.3 is 7.12 Å². The zero-order valence-electron chi connectivity index (χ0n) is 6.30. The molecule has 0 fully saturated rings. The van der Waals surface area contributed by atoms with Crippen LogP contribution >= 0.6 is 0 Å². The third-order valence-corrected chi connectivity index (χ3v) is 1.73. The van der Waals surface area contributed by atoms with Crippen LogP contribution in [0.25, 0.3) is 0 Å². The fourth-order valence-electron chi connectivity index (χ4n) is 1.01. The summed E-state index contributed by atoms with van der Waals surface area (Å²) in [5.74, 6) is 0. The van der Waals surface area contributed by atoms with Crippen LogP contribution in [-0.4, -0.2) is 22.1 Å². The second kappa shape index (κ2) is 3.51. The molecule has 0 heterocycles. The molecule has 0 radical (unpaired) electrons. The lowest BCUT2D eigenvalue weighted by Crippen LogP contribution is -2.17. The van der Waals surface area contributed by atoms with Crippen molar-refractivity contribution in [3.8, 4) is 0 Å². The van der Waals surface area contributed by atoms with Crippen LogP contribution in [0.2, 0.25) is 0 Å². The van der Waals surface area contributed by atoms with Gasteiger partial charge in [-0.2, -0.15) is 0 Å². The van der Waals surface area contributed by atoms with Gasteiger partial charge in [0.05, 0.1) is 4.92 Å². The summed E-state index contributed by atoms with van der Waals surface area (Å²) in [6.45, 7) is 0. The first-order valence-corrected chi connectivity index (χ1v) is 3.51. The van der Waals surface area contributed by atoms with E-state index in [9.17, 15) is 10.1 Å². The van der Waals surface area contributed by atoms with Gasteiger partial charge in [0.2, 0.25) is 5.70 Å². The number of nitro groups is 1. The molecule has 0 aromatic heterocycles. The average Bonchev–Trinajstić information content (AvgIpc) is 2.04. The van der Waals surface area contributed by atoms with Gasteiger partial charge in [0.1, 0.15) is 0 Å². The van der Waals surface area contributed by atoms with E-state index < -0.39 is 12.0 Å². The van der Waals surface area contributed by atoms with Crippen molar-refractivity contribution in [1.29, 1.82) is 0 Å². The molecule has 0 aliphatic heterocycles. The summed E-state index contributed by atoms with van der Waals surface area (Å²) >= 11 is 0. The Morgan fingerprint density at radius 3 is 2.42 bits per heavy atom. The number of nitrogens with zero attached hydrogens (tertiary/aromatic N) is 1. The Balaban J connectivity index is 2.73. The van der Waals surface area contributed by atoms with Crippen molar-refractivity contribution in [3.05, 3.63) is 33.4 Å². The Bertz CT molecular complexity index is 258. The Hall–Kier alpha value is -1.14. The topological polar surface area (TPSA) is 83.6 Å². The van der Waals surface area contributed by atoms with Crippen LogP contribution in [0.4, 0.5) is 0 Å². The van der Waals surface area contributed by atoms with Gasteiger partial charge in [0.25, 0.3) is 0 Å². The lowest BCUT2D eigenvalue weighted by atomic mass is 9.74. The van der Waals surface area contributed by atoms with Gasteiger partial charge < -0.3 is 10.0 Å². The second-order valence-electron chi connectivity index (χ2n) is 2.53. The van der Waals surface area contributed by atoms with Crippen molar-refractivity contribution in [3.63, 3.8) is 0 Å². The van der Waals surface area contributed by atoms with Crippen molar-refractivity contribution < 1.29 is 15.0 Å². The Morgan fingerprint density at radius 2 is 2.08 bits per heavy atom. The minimum absolute atomic E-state index is 0.111. The number of hydrogen-bond donors (Lipinski definition) is 2. The number of rotatable bonds is 2. The summed E-state index contributed by atoms with van der Waals surface area (Å²) in [7, 11) is -1.49. The normalized spacial score (nSPS) is 16.5. The summed E-state index contributed by atoms with van der Waals surface area (Å²) < 4.78 is 0. The van der Waals surface area contributed by atoms with Crippen LogP contribution in [-0.2, 0) is 0 Å². The quantitative estimate of drug-likeness (QED) is 0.342. The number of hydrogen-bond acceptors (Lipinski definition) is 4. The van der Waals surface area contributed by atoms with Crippen LogP contribution in [0.15, 0.2) is 23.3 Å². The molecule has 0 aromatic rings. The van der Waals surface area contributed by atoms with Gasteiger partial charge in [-0.3, -0.25) is 10.1 Å². The second-order valence-corrected chi connectivity index (χ2v) is 2.53. The highest BCUT2D eigenvalue weighted by Crippen LogP contribution is 2.18. The average molecular weight is 169 g/mol. The maximum absolute atomic E-state index is 10.2. The summed E-state index contributed by atoms with van der Waals surface area (Å²) in [6, 6.07) is 0. The maximum Gasteiger partial charge on any atom is 0.484 e. The first kappa shape index (κ1) is 8.96. The van der Waals surface area contributed by atoms with E-state index in [1.165, 1.54) is 12.2 Å². The van der Waals surface area contributed by atoms with Gasteiger partial charge in [-0.05, 0) is 11.9 Å². The summed E-state index contributed by atoms with van der Waals surface area (Å²) in [6.07, 6.45) is 3.28. The maximum atomic E-state index is 10.2. The van der Waals surface area contributed by atoms with E-state index in [2.05, 4.69) is 0 Å². The van der Waals surface area contributed by atoms with Crippen molar-refractivity contribution in [2.45, 2.75) is 12.8 Å². The number of allylic oxidation sites excluding steroid dienone is 4. The van der Waals surface area contributed by atoms with E-state index >= 15 is 0 Å².